The highest BCUT2D eigenvalue weighted by Gasteiger charge is 2.13. The zero-order valence-corrected chi connectivity index (χ0v) is 11.9. The molecule has 6 heteroatoms. The zero-order valence-electron chi connectivity index (χ0n) is 11.9. The Morgan fingerprint density at radius 2 is 2.05 bits per heavy atom. The Bertz CT molecular complexity index is 486. The number of rotatable bonds is 6. The van der Waals surface area contributed by atoms with Gasteiger partial charge in [-0.3, -0.25) is 0 Å². The van der Waals surface area contributed by atoms with Crippen molar-refractivity contribution < 1.29 is 19.4 Å². The van der Waals surface area contributed by atoms with Crippen molar-refractivity contribution >= 4 is 17.7 Å². The van der Waals surface area contributed by atoms with E-state index in [1.807, 2.05) is 0 Å². The molecule has 110 valence electrons. The number of amides is 2. The highest BCUT2D eigenvalue weighted by molar-refractivity contribution is 6.00. The summed E-state index contributed by atoms with van der Waals surface area (Å²) in [5.74, 6) is -0.140. The number of anilines is 1. The monoisotopic (exact) mass is 280 g/mol. The number of hydrogen-bond donors (Lipinski definition) is 3. The number of carbonyl (C=O) groups excluding carboxylic acids is 1. The maximum atomic E-state index is 11.7. The van der Waals surface area contributed by atoms with Crippen LogP contribution in [-0.2, 0) is 0 Å². The van der Waals surface area contributed by atoms with Gasteiger partial charge in [-0.2, -0.15) is 0 Å². The Kier molecular flexibility index (Phi) is 5.83. The number of methoxy groups -OCH3 is 1. The molecular weight excluding hydrogens is 260 g/mol. The van der Waals surface area contributed by atoms with Crippen LogP contribution in [0.25, 0.3) is 0 Å². The summed E-state index contributed by atoms with van der Waals surface area (Å²) in [6.45, 7) is 4.66. The van der Waals surface area contributed by atoms with Gasteiger partial charge in [-0.15, -0.1) is 0 Å². The summed E-state index contributed by atoms with van der Waals surface area (Å²) in [5, 5.41) is 14.3. The van der Waals surface area contributed by atoms with Crippen LogP contribution in [-0.4, -0.2) is 30.8 Å². The van der Waals surface area contributed by atoms with E-state index in [4.69, 9.17) is 9.84 Å². The molecule has 0 aliphatic rings. The van der Waals surface area contributed by atoms with Crippen LogP contribution in [0.15, 0.2) is 18.2 Å². The quantitative estimate of drug-likeness (QED) is 0.747. The van der Waals surface area contributed by atoms with E-state index >= 15 is 0 Å². The smallest absolute Gasteiger partial charge is 0.337 e. The molecule has 0 spiro atoms. The van der Waals surface area contributed by atoms with Crippen LogP contribution in [0.4, 0.5) is 10.5 Å². The van der Waals surface area contributed by atoms with Crippen LogP contribution >= 0.6 is 0 Å². The minimum Gasteiger partial charge on any atom is -0.497 e. The Balaban J connectivity index is 2.74. The number of carboxylic acids is 1. The minimum atomic E-state index is -1.11. The molecule has 1 aromatic carbocycles. The molecule has 20 heavy (non-hydrogen) atoms. The Morgan fingerprint density at radius 3 is 2.60 bits per heavy atom. The molecule has 0 aliphatic carbocycles. The van der Waals surface area contributed by atoms with E-state index in [2.05, 4.69) is 24.5 Å². The van der Waals surface area contributed by atoms with Gasteiger partial charge in [0.1, 0.15) is 5.75 Å². The highest BCUT2D eigenvalue weighted by Crippen LogP contribution is 2.22. The van der Waals surface area contributed by atoms with Gasteiger partial charge in [0.2, 0.25) is 0 Å². The van der Waals surface area contributed by atoms with Crippen molar-refractivity contribution in [3.05, 3.63) is 23.8 Å². The van der Waals surface area contributed by atoms with E-state index in [1.165, 1.54) is 25.3 Å². The molecule has 0 radical (unpaired) electrons. The van der Waals surface area contributed by atoms with Gasteiger partial charge in [-0.1, -0.05) is 13.8 Å². The minimum absolute atomic E-state index is 0.0183. The molecule has 0 atom stereocenters. The third-order valence-electron chi connectivity index (χ3n) is 2.71. The molecule has 2 amide bonds. The summed E-state index contributed by atoms with van der Waals surface area (Å²) in [7, 11) is 1.47. The first-order valence-corrected chi connectivity index (χ1v) is 6.40. The second-order valence-corrected chi connectivity index (χ2v) is 4.78. The summed E-state index contributed by atoms with van der Waals surface area (Å²) >= 11 is 0. The van der Waals surface area contributed by atoms with E-state index in [0.717, 1.165) is 6.42 Å². The van der Waals surface area contributed by atoms with Gasteiger partial charge in [0.25, 0.3) is 0 Å². The summed E-state index contributed by atoms with van der Waals surface area (Å²) in [6, 6.07) is 3.98. The lowest BCUT2D eigenvalue weighted by Gasteiger charge is -2.12. The van der Waals surface area contributed by atoms with Crippen LogP contribution in [0, 0.1) is 5.92 Å². The molecule has 1 aromatic rings. The first-order chi connectivity index (χ1) is 9.43. The van der Waals surface area contributed by atoms with Crippen LogP contribution in [0.3, 0.4) is 0 Å². The molecular formula is C14H20N2O4. The number of ether oxygens (including phenoxy) is 1. The molecule has 1 rings (SSSR count). The lowest BCUT2D eigenvalue weighted by Crippen LogP contribution is -2.30. The zero-order chi connectivity index (χ0) is 15.1. The van der Waals surface area contributed by atoms with Crippen molar-refractivity contribution in [1.29, 1.82) is 0 Å². The van der Waals surface area contributed by atoms with Crippen LogP contribution in [0.5, 0.6) is 5.75 Å². The maximum absolute atomic E-state index is 11.7. The second-order valence-electron chi connectivity index (χ2n) is 4.78. The van der Waals surface area contributed by atoms with Gasteiger partial charge in [0, 0.05) is 12.6 Å². The maximum Gasteiger partial charge on any atom is 0.337 e. The van der Waals surface area contributed by atoms with E-state index < -0.39 is 12.0 Å². The average molecular weight is 280 g/mol. The fraction of sp³-hybridized carbons (Fsp3) is 0.429. The van der Waals surface area contributed by atoms with E-state index in [-0.39, 0.29) is 11.3 Å². The van der Waals surface area contributed by atoms with Gasteiger partial charge in [0.05, 0.1) is 18.4 Å². The summed E-state index contributed by atoms with van der Waals surface area (Å²) in [4.78, 5) is 22.8. The number of urea groups is 1. The van der Waals surface area contributed by atoms with Crippen molar-refractivity contribution in [2.45, 2.75) is 20.3 Å². The summed E-state index contributed by atoms with van der Waals surface area (Å²) in [5.41, 5.74) is 0.226. The first-order valence-electron chi connectivity index (χ1n) is 6.40. The number of carbonyl (C=O) groups is 2. The summed E-state index contributed by atoms with van der Waals surface area (Å²) < 4.78 is 5.02. The van der Waals surface area contributed by atoms with E-state index in [1.54, 1.807) is 0 Å². The normalized spacial score (nSPS) is 10.2. The van der Waals surface area contributed by atoms with Crippen LogP contribution < -0.4 is 15.4 Å². The van der Waals surface area contributed by atoms with Gasteiger partial charge in [0.15, 0.2) is 0 Å². The first kappa shape index (κ1) is 15.8. The van der Waals surface area contributed by atoms with E-state index in [0.29, 0.717) is 18.2 Å². The molecule has 0 unspecified atom stereocenters. The SMILES string of the molecule is COc1ccc(C(=O)O)c(NC(=O)NCCC(C)C)c1. The second kappa shape index (κ2) is 7.37. The topological polar surface area (TPSA) is 87.7 Å². The number of nitrogens with one attached hydrogen (secondary N) is 2. The molecule has 0 saturated heterocycles. The van der Waals surface area contributed by atoms with Crippen LogP contribution in [0.2, 0.25) is 0 Å². The molecule has 0 fully saturated rings. The third kappa shape index (κ3) is 4.79. The Morgan fingerprint density at radius 1 is 1.35 bits per heavy atom. The predicted molar refractivity (Wildman–Crippen MR) is 76.4 cm³/mol. The lowest BCUT2D eigenvalue weighted by molar-refractivity contribution is 0.0698. The van der Waals surface area contributed by atoms with Gasteiger partial charge >= 0.3 is 12.0 Å². The van der Waals surface area contributed by atoms with Crippen molar-refractivity contribution in [2.75, 3.05) is 19.0 Å². The van der Waals surface area contributed by atoms with Gasteiger partial charge in [-0.25, -0.2) is 9.59 Å². The fourth-order valence-corrected chi connectivity index (χ4v) is 1.58. The fourth-order valence-electron chi connectivity index (χ4n) is 1.58. The lowest BCUT2D eigenvalue weighted by atomic mass is 10.1. The molecule has 0 aromatic heterocycles. The molecule has 0 aliphatic heterocycles. The molecule has 0 heterocycles. The van der Waals surface area contributed by atoms with E-state index in [9.17, 15) is 9.59 Å². The largest absolute Gasteiger partial charge is 0.497 e. The van der Waals surface area contributed by atoms with Crippen molar-refractivity contribution in [3.63, 3.8) is 0 Å². The Labute approximate surface area is 118 Å². The number of benzene rings is 1. The number of hydrogen-bond acceptors (Lipinski definition) is 3. The predicted octanol–water partition coefficient (Wildman–Crippen LogP) is 2.56. The summed E-state index contributed by atoms with van der Waals surface area (Å²) in [6.07, 6.45) is 0.858. The van der Waals surface area contributed by atoms with Gasteiger partial charge in [-0.05, 0) is 24.5 Å². The molecule has 0 saturated carbocycles. The average Bonchev–Trinajstić information content (AvgIpc) is 2.37. The van der Waals surface area contributed by atoms with Crippen molar-refractivity contribution in [2.24, 2.45) is 5.92 Å². The standard InChI is InChI=1S/C14H20N2O4/c1-9(2)6-7-15-14(19)16-12-8-10(20-3)4-5-11(12)13(17)18/h4-5,8-9H,6-7H2,1-3H3,(H,17,18)(H2,15,16,19). The van der Waals surface area contributed by atoms with Gasteiger partial charge < -0.3 is 20.5 Å². The van der Waals surface area contributed by atoms with Crippen LogP contribution in [0.1, 0.15) is 30.6 Å². The number of carboxylic acid groups (broad SMARTS) is 1. The molecule has 0 bridgehead atoms. The van der Waals surface area contributed by atoms with Crippen molar-refractivity contribution in [1.82, 2.24) is 5.32 Å². The molecule has 6 nitrogen and oxygen atoms in total. The third-order valence-corrected chi connectivity index (χ3v) is 2.71. The highest BCUT2D eigenvalue weighted by atomic mass is 16.5. The number of aromatic carboxylic acids is 1. The molecule has 3 N–H and O–H groups in total. The Hall–Kier alpha value is -2.24. The van der Waals surface area contributed by atoms with Crippen molar-refractivity contribution in [3.8, 4) is 5.75 Å².